The highest BCUT2D eigenvalue weighted by Crippen LogP contribution is 2.17. The van der Waals surface area contributed by atoms with Crippen LogP contribution in [0.1, 0.15) is 56.5 Å². The lowest BCUT2D eigenvalue weighted by atomic mass is 10.0. The zero-order chi connectivity index (χ0) is 19.8. The van der Waals surface area contributed by atoms with Gasteiger partial charge in [-0.3, -0.25) is 9.59 Å². The van der Waals surface area contributed by atoms with Crippen LogP contribution >= 0.6 is 0 Å². The van der Waals surface area contributed by atoms with Crippen LogP contribution in [0, 0.1) is 5.92 Å². The summed E-state index contributed by atoms with van der Waals surface area (Å²) in [5.74, 6) is 0.0484. The smallest absolute Gasteiger partial charge is 0.254 e. The molecule has 4 nitrogen and oxygen atoms in total. The van der Waals surface area contributed by atoms with Crippen molar-refractivity contribution < 1.29 is 9.59 Å². The van der Waals surface area contributed by atoms with Gasteiger partial charge >= 0.3 is 0 Å². The SMILES string of the molecule is CCC(CC)C(=O)Nc1ccc(C(=O)N(Cc2ccccc2)C(C)C)cc1. The lowest BCUT2D eigenvalue weighted by molar-refractivity contribution is -0.120. The van der Waals surface area contributed by atoms with Gasteiger partial charge in [0, 0.05) is 29.8 Å². The van der Waals surface area contributed by atoms with Crippen LogP contribution in [0.5, 0.6) is 0 Å². The Morgan fingerprint density at radius 3 is 2.04 bits per heavy atom. The Hall–Kier alpha value is -2.62. The molecule has 0 aliphatic heterocycles. The first-order valence-electron chi connectivity index (χ1n) is 9.72. The molecular weight excluding hydrogens is 336 g/mol. The van der Waals surface area contributed by atoms with Gasteiger partial charge in [-0.15, -0.1) is 0 Å². The number of hydrogen-bond acceptors (Lipinski definition) is 2. The summed E-state index contributed by atoms with van der Waals surface area (Å²) in [5, 5.41) is 2.94. The molecule has 0 aliphatic rings. The molecule has 0 aliphatic carbocycles. The van der Waals surface area contributed by atoms with Crippen molar-refractivity contribution in [3.8, 4) is 0 Å². The predicted molar refractivity (Wildman–Crippen MR) is 111 cm³/mol. The third-order valence-electron chi connectivity index (χ3n) is 4.84. The van der Waals surface area contributed by atoms with Gasteiger partial charge in [0.15, 0.2) is 0 Å². The molecule has 0 unspecified atom stereocenters. The minimum atomic E-state index is -0.00766. The number of benzene rings is 2. The molecule has 0 saturated heterocycles. The fraction of sp³-hybridized carbons (Fsp3) is 0.391. The van der Waals surface area contributed by atoms with Gasteiger partial charge in [0.1, 0.15) is 0 Å². The van der Waals surface area contributed by atoms with E-state index in [9.17, 15) is 9.59 Å². The van der Waals surface area contributed by atoms with Crippen molar-refractivity contribution in [2.75, 3.05) is 5.32 Å². The first kappa shape index (κ1) is 20.7. The second kappa shape index (κ2) is 9.91. The van der Waals surface area contributed by atoms with Crippen molar-refractivity contribution >= 4 is 17.5 Å². The quantitative estimate of drug-likeness (QED) is 0.705. The van der Waals surface area contributed by atoms with Gasteiger partial charge in [0.25, 0.3) is 5.91 Å². The van der Waals surface area contributed by atoms with E-state index in [2.05, 4.69) is 5.32 Å². The molecule has 0 fully saturated rings. The van der Waals surface area contributed by atoms with Crippen LogP contribution in [0.25, 0.3) is 0 Å². The lowest BCUT2D eigenvalue weighted by Gasteiger charge is -2.27. The molecule has 2 rings (SSSR count). The maximum absolute atomic E-state index is 13.0. The fourth-order valence-corrected chi connectivity index (χ4v) is 3.03. The summed E-state index contributed by atoms with van der Waals surface area (Å²) >= 11 is 0. The predicted octanol–water partition coefficient (Wildman–Crippen LogP) is 5.11. The van der Waals surface area contributed by atoms with Crippen molar-refractivity contribution in [2.45, 2.75) is 53.1 Å². The maximum atomic E-state index is 13.0. The van der Waals surface area contributed by atoms with Crippen LogP contribution < -0.4 is 5.32 Å². The number of nitrogens with zero attached hydrogens (tertiary/aromatic N) is 1. The van der Waals surface area contributed by atoms with E-state index in [-0.39, 0.29) is 23.8 Å². The molecule has 2 amide bonds. The largest absolute Gasteiger partial charge is 0.332 e. The molecule has 4 heteroatoms. The number of nitrogens with one attached hydrogen (secondary N) is 1. The normalized spacial score (nSPS) is 10.9. The first-order chi connectivity index (χ1) is 13.0. The fourth-order valence-electron chi connectivity index (χ4n) is 3.03. The number of carbonyl (C=O) groups excluding carboxylic acids is 2. The van der Waals surface area contributed by atoms with Gasteiger partial charge in [-0.1, -0.05) is 44.2 Å². The van der Waals surface area contributed by atoms with Gasteiger partial charge in [-0.05, 0) is 56.5 Å². The van der Waals surface area contributed by atoms with E-state index in [1.165, 1.54) is 0 Å². The van der Waals surface area contributed by atoms with Crippen LogP contribution in [0.15, 0.2) is 54.6 Å². The minimum absolute atomic E-state index is 0.00766. The Labute approximate surface area is 162 Å². The maximum Gasteiger partial charge on any atom is 0.254 e. The summed E-state index contributed by atoms with van der Waals surface area (Å²) in [6, 6.07) is 17.2. The van der Waals surface area contributed by atoms with E-state index in [1.54, 1.807) is 24.3 Å². The first-order valence-corrected chi connectivity index (χ1v) is 9.72. The number of carbonyl (C=O) groups is 2. The van der Waals surface area contributed by atoms with E-state index in [0.29, 0.717) is 12.1 Å². The molecule has 2 aromatic rings. The third kappa shape index (κ3) is 5.68. The van der Waals surface area contributed by atoms with Crippen LogP contribution in [-0.2, 0) is 11.3 Å². The average Bonchev–Trinajstić information content (AvgIpc) is 2.67. The molecule has 2 aromatic carbocycles. The lowest BCUT2D eigenvalue weighted by Crippen LogP contribution is -2.36. The summed E-state index contributed by atoms with van der Waals surface area (Å²) in [5.41, 5.74) is 2.45. The van der Waals surface area contributed by atoms with Gasteiger partial charge in [0.05, 0.1) is 0 Å². The van der Waals surface area contributed by atoms with Gasteiger partial charge in [-0.2, -0.15) is 0 Å². The molecule has 0 saturated carbocycles. The third-order valence-corrected chi connectivity index (χ3v) is 4.84. The Balaban J connectivity index is 2.09. The second-order valence-electron chi connectivity index (χ2n) is 7.09. The zero-order valence-electron chi connectivity index (χ0n) is 16.7. The number of amides is 2. The summed E-state index contributed by atoms with van der Waals surface area (Å²) in [6.07, 6.45) is 1.64. The monoisotopic (exact) mass is 366 g/mol. The Morgan fingerprint density at radius 2 is 1.52 bits per heavy atom. The van der Waals surface area contributed by atoms with E-state index in [1.807, 2.05) is 62.9 Å². The Bertz CT molecular complexity index is 735. The Kier molecular flexibility index (Phi) is 7.59. The van der Waals surface area contributed by atoms with Crippen LogP contribution in [-0.4, -0.2) is 22.8 Å². The highest BCUT2D eigenvalue weighted by atomic mass is 16.2. The van der Waals surface area contributed by atoms with Crippen molar-refractivity contribution in [1.29, 1.82) is 0 Å². The number of hydrogen-bond donors (Lipinski definition) is 1. The van der Waals surface area contributed by atoms with Crippen LogP contribution in [0.3, 0.4) is 0 Å². The molecule has 144 valence electrons. The van der Waals surface area contributed by atoms with Crippen molar-refractivity contribution in [3.05, 3.63) is 65.7 Å². The standard InChI is InChI=1S/C23H30N2O2/c1-5-19(6-2)22(26)24-21-14-12-20(13-15-21)23(27)25(17(3)4)16-18-10-8-7-9-11-18/h7-15,17,19H,5-6,16H2,1-4H3,(H,24,26). The number of anilines is 1. The van der Waals surface area contributed by atoms with E-state index >= 15 is 0 Å². The molecule has 0 atom stereocenters. The van der Waals surface area contributed by atoms with Gasteiger partial charge < -0.3 is 10.2 Å². The van der Waals surface area contributed by atoms with Gasteiger partial charge in [-0.25, -0.2) is 0 Å². The molecule has 0 bridgehead atoms. The summed E-state index contributed by atoms with van der Waals surface area (Å²) in [4.78, 5) is 27.0. The molecule has 0 radical (unpaired) electrons. The molecule has 0 spiro atoms. The van der Waals surface area contributed by atoms with Gasteiger partial charge in [0.2, 0.25) is 5.91 Å². The molecule has 0 aromatic heterocycles. The summed E-state index contributed by atoms with van der Waals surface area (Å²) < 4.78 is 0. The molecule has 0 heterocycles. The highest BCUT2D eigenvalue weighted by molar-refractivity contribution is 5.96. The van der Waals surface area contributed by atoms with E-state index < -0.39 is 0 Å². The van der Waals surface area contributed by atoms with E-state index in [0.717, 1.165) is 24.1 Å². The van der Waals surface area contributed by atoms with Crippen LogP contribution in [0.4, 0.5) is 5.69 Å². The van der Waals surface area contributed by atoms with Crippen molar-refractivity contribution in [3.63, 3.8) is 0 Å². The van der Waals surface area contributed by atoms with E-state index in [4.69, 9.17) is 0 Å². The number of rotatable bonds is 8. The molecule has 27 heavy (non-hydrogen) atoms. The Morgan fingerprint density at radius 1 is 0.926 bits per heavy atom. The minimum Gasteiger partial charge on any atom is -0.332 e. The zero-order valence-corrected chi connectivity index (χ0v) is 16.7. The summed E-state index contributed by atoms with van der Waals surface area (Å²) in [7, 11) is 0. The highest BCUT2D eigenvalue weighted by Gasteiger charge is 2.19. The van der Waals surface area contributed by atoms with Crippen molar-refractivity contribution in [2.24, 2.45) is 5.92 Å². The molecular formula is C23H30N2O2. The second-order valence-corrected chi connectivity index (χ2v) is 7.09. The molecule has 1 N–H and O–H groups in total. The van der Waals surface area contributed by atoms with Crippen LogP contribution in [0.2, 0.25) is 0 Å². The summed E-state index contributed by atoms with van der Waals surface area (Å²) in [6.45, 7) is 8.64. The topological polar surface area (TPSA) is 49.4 Å². The van der Waals surface area contributed by atoms with Crippen molar-refractivity contribution in [1.82, 2.24) is 4.90 Å². The average molecular weight is 367 g/mol.